The first-order valence-corrected chi connectivity index (χ1v) is 4.72. The molecule has 3 nitrogen and oxygen atoms in total. The van der Waals surface area contributed by atoms with E-state index in [2.05, 4.69) is 0 Å². The van der Waals surface area contributed by atoms with Gasteiger partial charge in [0.15, 0.2) is 0 Å². The zero-order chi connectivity index (χ0) is 13.2. The van der Waals surface area contributed by atoms with Crippen LogP contribution in [0.3, 0.4) is 0 Å². The van der Waals surface area contributed by atoms with Gasteiger partial charge in [0.1, 0.15) is 16.5 Å². The third-order valence-corrected chi connectivity index (χ3v) is 2.34. The maximum absolute atomic E-state index is 12.2. The highest BCUT2D eigenvalue weighted by Gasteiger charge is 2.40. The van der Waals surface area contributed by atoms with Gasteiger partial charge < -0.3 is 9.47 Å². The molecule has 1 aromatic rings. The lowest BCUT2D eigenvalue weighted by Crippen LogP contribution is -2.22. The van der Waals surface area contributed by atoms with E-state index in [1.165, 1.54) is 14.2 Å². The second-order valence-electron chi connectivity index (χ2n) is 3.02. The molecule has 0 aliphatic heterocycles. The summed E-state index contributed by atoms with van der Waals surface area (Å²) in [6, 6.07) is 1.83. The zero-order valence-electron chi connectivity index (χ0n) is 8.89. The standard InChI is InChI=1S/C10H8ClF3O3/c1-16-6-3-5(9(15)10(12,13)14)4-7(17-2)8(6)11/h3-4H,1-2H3. The van der Waals surface area contributed by atoms with Gasteiger partial charge in [-0.1, -0.05) is 11.6 Å². The quantitative estimate of drug-likeness (QED) is 0.790. The van der Waals surface area contributed by atoms with E-state index in [0.717, 1.165) is 12.1 Å². The molecular weight excluding hydrogens is 261 g/mol. The summed E-state index contributed by atoms with van der Waals surface area (Å²) >= 11 is 5.76. The minimum Gasteiger partial charge on any atom is -0.495 e. The van der Waals surface area contributed by atoms with Crippen molar-refractivity contribution in [3.8, 4) is 11.5 Å². The molecule has 1 aromatic carbocycles. The fraction of sp³-hybridized carbons (Fsp3) is 0.300. The van der Waals surface area contributed by atoms with Gasteiger partial charge in [-0.05, 0) is 12.1 Å². The van der Waals surface area contributed by atoms with Crippen LogP contribution in [0.4, 0.5) is 13.2 Å². The summed E-state index contributed by atoms with van der Waals surface area (Å²) in [6.45, 7) is 0. The maximum atomic E-state index is 12.2. The molecule has 0 heterocycles. The smallest absolute Gasteiger partial charge is 0.454 e. The van der Waals surface area contributed by atoms with E-state index in [1.807, 2.05) is 0 Å². The Kier molecular flexibility index (Phi) is 3.87. The zero-order valence-corrected chi connectivity index (χ0v) is 9.65. The van der Waals surface area contributed by atoms with Crippen molar-refractivity contribution in [1.29, 1.82) is 0 Å². The van der Waals surface area contributed by atoms with Gasteiger partial charge in [-0.3, -0.25) is 4.79 Å². The van der Waals surface area contributed by atoms with Gasteiger partial charge in [-0.25, -0.2) is 0 Å². The fourth-order valence-corrected chi connectivity index (χ4v) is 1.43. The molecule has 0 bridgehead atoms. The number of benzene rings is 1. The third-order valence-electron chi connectivity index (χ3n) is 1.97. The molecule has 17 heavy (non-hydrogen) atoms. The first-order chi connectivity index (χ1) is 7.81. The number of hydrogen-bond donors (Lipinski definition) is 0. The minimum absolute atomic E-state index is 0.00808. The Balaban J connectivity index is 3.32. The Morgan fingerprint density at radius 3 is 1.88 bits per heavy atom. The monoisotopic (exact) mass is 268 g/mol. The molecule has 0 amide bonds. The van der Waals surface area contributed by atoms with E-state index in [9.17, 15) is 18.0 Å². The molecule has 0 N–H and O–H groups in total. The van der Waals surface area contributed by atoms with Crippen LogP contribution in [0.1, 0.15) is 10.4 Å². The van der Waals surface area contributed by atoms with Crippen LogP contribution in [0.5, 0.6) is 11.5 Å². The van der Waals surface area contributed by atoms with Crippen molar-refractivity contribution in [2.24, 2.45) is 0 Å². The maximum Gasteiger partial charge on any atom is 0.454 e. The number of ketones is 1. The second kappa shape index (κ2) is 4.83. The SMILES string of the molecule is COc1cc(C(=O)C(F)(F)F)cc(OC)c1Cl. The van der Waals surface area contributed by atoms with Gasteiger partial charge in [-0.2, -0.15) is 13.2 Å². The van der Waals surface area contributed by atoms with E-state index in [4.69, 9.17) is 21.1 Å². The molecule has 0 saturated heterocycles. The van der Waals surface area contributed by atoms with Crippen LogP contribution >= 0.6 is 11.6 Å². The van der Waals surface area contributed by atoms with Crippen LogP contribution in [0, 0.1) is 0 Å². The van der Waals surface area contributed by atoms with Crippen molar-refractivity contribution in [1.82, 2.24) is 0 Å². The Bertz CT molecular complexity index is 418. The van der Waals surface area contributed by atoms with Gasteiger partial charge in [0, 0.05) is 5.56 Å². The van der Waals surface area contributed by atoms with Crippen LogP contribution in [-0.4, -0.2) is 26.2 Å². The average Bonchev–Trinajstić information content (AvgIpc) is 2.27. The largest absolute Gasteiger partial charge is 0.495 e. The molecule has 0 aliphatic rings. The van der Waals surface area contributed by atoms with Crippen LogP contribution in [0.2, 0.25) is 5.02 Å². The number of halogens is 4. The van der Waals surface area contributed by atoms with Gasteiger partial charge in [0.05, 0.1) is 14.2 Å². The van der Waals surface area contributed by atoms with E-state index in [0.29, 0.717) is 0 Å². The lowest BCUT2D eigenvalue weighted by Gasteiger charge is -2.11. The molecular formula is C10H8ClF3O3. The number of carbonyl (C=O) groups excluding carboxylic acids is 1. The van der Waals surface area contributed by atoms with Gasteiger partial charge in [-0.15, -0.1) is 0 Å². The number of ether oxygens (including phenoxy) is 2. The lowest BCUT2D eigenvalue weighted by atomic mass is 10.1. The number of alkyl halides is 3. The van der Waals surface area contributed by atoms with E-state index in [1.54, 1.807) is 0 Å². The molecule has 94 valence electrons. The Labute approximate surface area is 100 Å². The normalized spacial score (nSPS) is 11.2. The molecule has 0 unspecified atom stereocenters. The highest BCUT2D eigenvalue weighted by molar-refractivity contribution is 6.33. The summed E-state index contributed by atoms with van der Waals surface area (Å²) in [5.41, 5.74) is -0.587. The summed E-state index contributed by atoms with van der Waals surface area (Å²) in [4.78, 5) is 11.0. The molecule has 0 aromatic heterocycles. The molecule has 0 spiro atoms. The van der Waals surface area contributed by atoms with E-state index < -0.39 is 17.5 Å². The summed E-state index contributed by atoms with van der Waals surface area (Å²) in [7, 11) is 2.45. The molecule has 0 atom stereocenters. The molecule has 1 rings (SSSR count). The van der Waals surface area contributed by atoms with Crippen molar-refractivity contribution in [3.05, 3.63) is 22.7 Å². The number of Topliss-reactive ketones (excluding diaryl/α,β-unsaturated/α-hetero) is 1. The van der Waals surface area contributed by atoms with Crippen molar-refractivity contribution in [2.45, 2.75) is 6.18 Å². The number of hydrogen-bond acceptors (Lipinski definition) is 3. The molecule has 0 saturated carbocycles. The highest BCUT2D eigenvalue weighted by atomic mass is 35.5. The summed E-state index contributed by atoms with van der Waals surface area (Å²) in [5.74, 6) is -2.09. The predicted octanol–water partition coefficient (Wildman–Crippen LogP) is 3.10. The first-order valence-electron chi connectivity index (χ1n) is 4.34. The Morgan fingerprint density at radius 2 is 1.59 bits per heavy atom. The van der Waals surface area contributed by atoms with E-state index in [-0.39, 0.29) is 16.5 Å². The van der Waals surface area contributed by atoms with Crippen molar-refractivity contribution in [2.75, 3.05) is 14.2 Å². The fourth-order valence-electron chi connectivity index (χ4n) is 1.16. The predicted molar refractivity (Wildman–Crippen MR) is 54.9 cm³/mol. The van der Waals surface area contributed by atoms with Crippen LogP contribution in [-0.2, 0) is 0 Å². The third kappa shape index (κ3) is 2.82. The minimum atomic E-state index is -4.95. The Morgan fingerprint density at radius 1 is 1.18 bits per heavy atom. The van der Waals surface area contributed by atoms with Crippen LogP contribution < -0.4 is 9.47 Å². The molecule has 0 fully saturated rings. The Hall–Kier alpha value is -1.43. The van der Waals surface area contributed by atoms with Crippen LogP contribution in [0.25, 0.3) is 0 Å². The topological polar surface area (TPSA) is 35.5 Å². The number of methoxy groups -OCH3 is 2. The van der Waals surface area contributed by atoms with Crippen molar-refractivity contribution >= 4 is 17.4 Å². The highest BCUT2D eigenvalue weighted by Crippen LogP contribution is 2.36. The molecule has 0 radical (unpaired) electrons. The summed E-state index contributed by atoms with van der Waals surface area (Å²) in [5, 5.41) is 0.00808. The first kappa shape index (κ1) is 13.6. The van der Waals surface area contributed by atoms with Gasteiger partial charge >= 0.3 is 6.18 Å². The number of carbonyl (C=O) groups is 1. The molecule has 7 heteroatoms. The lowest BCUT2D eigenvalue weighted by molar-refractivity contribution is -0.0885. The average molecular weight is 269 g/mol. The van der Waals surface area contributed by atoms with Crippen molar-refractivity contribution < 1.29 is 27.4 Å². The van der Waals surface area contributed by atoms with Gasteiger partial charge in [0.2, 0.25) is 0 Å². The van der Waals surface area contributed by atoms with Crippen LogP contribution in [0.15, 0.2) is 12.1 Å². The second-order valence-corrected chi connectivity index (χ2v) is 3.40. The molecule has 0 aliphatic carbocycles. The van der Waals surface area contributed by atoms with Crippen molar-refractivity contribution in [3.63, 3.8) is 0 Å². The summed E-state index contributed by atoms with van der Waals surface area (Å²) < 4.78 is 46.2. The summed E-state index contributed by atoms with van der Waals surface area (Å²) in [6.07, 6.45) is -4.95. The number of rotatable bonds is 3. The van der Waals surface area contributed by atoms with Gasteiger partial charge in [0.25, 0.3) is 5.78 Å². The van der Waals surface area contributed by atoms with E-state index >= 15 is 0 Å².